The van der Waals surface area contributed by atoms with Crippen LogP contribution in [0.5, 0.6) is 0 Å². The van der Waals surface area contributed by atoms with Crippen molar-refractivity contribution >= 4 is 37.8 Å². The minimum Gasteiger partial charge on any atom is -0.465 e. The topological polar surface area (TPSA) is 39.4 Å². The molecule has 0 aromatic carbocycles. The predicted octanol–water partition coefficient (Wildman–Crippen LogP) is 3.29. The normalized spacial score (nSPS) is 10.3. The van der Waals surface area contributed by atoms with Crippen LogP contribution in [0.3, 0.4) is 0 Å². The van der Waals surface area contributed by atoms with Crippen LogP contribution in [0, 0.1) is 0 Å². The number of methoxy groups -OCH3 is 1. The zero-order chi connectivity index (χ0) is 10.7. The van der Waals surface area contributed by atoms with Crippen molar-refractivity contribution < 1.29 is 13.9 Å². The van der Waals surface area contributed by atoms with Crippen LogP contribution in [0.2, 0.25) is 0 Å². The van der Waals surface area contributed by atoms with Gasteiger partial charge in [-0.15, -0.1) is 0 Å². The van der Waals surface area contributed by atoms with Crippen LogP contribution in [0.1, 0.15) is 28.6 Å². The molecule has 0 amide bonds. The van der Waals surface area contributed by atoms with Gasteiger partial charge in [-0.3, -0.25) is 0 Å². The fraction of sp³-hybridized carbons (Fsp3) is 0.444. The number of furan rings is 1. The van der Waals surface area contributed by atoms with Crippen LogP contribution in [-0.4, -0.2) is 13.1 Å². The zero-order valence-electron chi connectivity index (χ0n) is 7.89. The molecule has 0 aliphatic carbocycles. The van der Waals surface area contributed by atoms with Crippen LogP contribution < -0.4 is 0 Å². The van der Waals surface area contributed by atoms with Gasteiger partial charge in [0.1, 0.15) is 11.3 Å². The Morgan fingerprint density at radius 1 is 1.57 bits per heavy atom. The molecular formula is C9H10Br2O3. The second-order valence-electron chi connectivity index (χ2n) is 2.63. The second-order valence-corrected chi connectivity index (χ2v) is 3.91. The Hall–Kier alpha value is -0.290. The second kappa shape index (κ2) is 4.98. The van der Waals surface area contributed by atoms with E-state index in [4.69, 9.17) is 9.15 Å². The number of carbonyl (C=O) groups excluding carboxylic acids is 1. The summed E-state index contributed by atoms with van der Waals surface area (Å²) in [6.45, 7) is 1.96. The molecule has 3 nitrogen and oxygen atoms in total. The van der Waals surface area contributed by atoms with Gasteiger partial charge in [0.25, 0.3) is 0 Å². The molecule has 0 aliphatic heterocycles. The van der Waals surface area contributed by atoms with E-state index < -0.39 is 0 Å². The van der Waals surface area contributed by atoms with Gasteiger partial charge in [0, 0.05) is 5.56 Å². The average Bonchev–Trinajstić information content (AvgIpc) is 2.53. The lowest BCUT2D eigenvalue weighted by atomic mass is 10.1. The van der Waals surface area contributed by atoms with E-state index in [9.17, 15) is 4.79 Å². The quantitative estimate of drug-likeness (QED) is 0.632. The Bertz CT molecular complexity index is 344. The molecule has 0 atom stereocenters. The van der Waals surface area contributed by atoms with E-state index in [1.54, 1.807) is 0 Å². The van der Waals surface area contributed by atoms with Gasteiger partial charge < -0.3 is 9.15 Å². The summed E-state index contributed by atoms with van der Waals surface area (Å²) in [5, 5.41) is 0.496. The maximum atomic E-state index is 11.5. The fourth-order valence-electron chi connectivity index (χ4n) is 1.24. The van der Waals surface area contributed by atoms with Crippen LogP contribution >= 0.6 is 31.9 Å². The largest absolute Gasteiger partial charge is 0.465 e. The molecule has 0 saturated carbocycles. The van der Waals surface area contributed by atoms with E-state index >= 15 is 0 Å². The number of alkyl halides is 1. The number of carbonyl (C=O) groups is 1. The maximum Gasteiger partial charge on any atom is 0.341 e. The lowest BCUT2D eigenvalue weighted by molar-refractivity contribution is 0.0597. The molecule has 0 radical (unpaired) electrons. The van der Waals surface area contributed by atoms with E-state index in [2.05, 4.69) is 31.9 Å². The number of rotatable bonds is 3. The van der Waals surface area contributed by atoms with Crippen molar-refractivity contribution in [2.75, 3.05) is 7.11 Å². The third-order valence-electron chi connectivity index (χ3n) is 1.90. The molecule has 0 spiro atoms. The van der Waals surface area contributed by atoms with Crippen molar-refractivity contribution in [1.29, 1.82) is 0 Å². The summed E-state index contributed by atoms with van der Waals surface area (Å²) in [6, 6.07) is 0. The van der Waals surface area contributed by atoms with Crippen LogP contribution in [-0.2, 0) is 16.5 Å². The third-order valence-corrected chi connectivity index (χ3v) is 3.04. The van der Waals surface area contributed by atoms with Crippen LogP contribution in [0.4, 0.5) is 0 Å². The van der Waals surface area contributed by atoms with Crippen molar-refractivity contribution in [3.05, 3.63) is 21.6 Å². The Morgan fingerprint density at radius 3 is 2.64 bits per heavy atom. The van der Waals surface area contributed by atoms with E-state index in [1.807, 2.05) is 6.92 Å². The standard InChI is InChI=1S/C9H10Br2O3/c1-3-5-7(9(12)13-2)6(4-10)14-8(5)11/h3-4H2,1-2H3. The summed E-state index contributed by atoms with van der Waals surface area (Å²) in [5.41, 5.74) is 1.38. The monoisotopic (exact) mass is 324 g/mol. The van der Waals surface area contributed by atoms with Gasteiger partial charge in [0.15, 0.2) is 4.67 Å². The van der Waals surface area contributed by atoms with E-state index in [-0.39, 0.29) is 5.97 Å². The summed E-state index contributed by atoms with van der Waals surface area (Å²) >= 11 is 6.53. The van der Waals surface area contributed by atoms with Gasteiger partial charge in [-0.2, -0.15) is 0 Å². The van der Waals surface area contributed by atoms with Gasteiger partial charge in [0.05, 0.1) is 12.4 Å². The highest BCUT2D eigenvalue weighted by Crippen LogP contribution is 2.29. The molecule has 1 rings (SSSR count). The Labute approximate surface area is 99.1 Å². The highest BCUT2D eigenvalue weighted by molar-refractivity contribution is 9.10. The highest BCUT2D eigenvalue weighted by atomic mass is 79.9. The molecular weight excluding hydrogens is 316 g/mol. The number of esters is 1. The SMILES string of the molecule is CCc1c(Br)oc(CBr)c1C(=O)OC. The predicted molar refractivity (Wildman–Crippen MR) is 59.8 cm³/mol. The van der Waals surface area contributed by atoms with Gasteiger partial charge in [-0.05, 0) is 22.4 Å². The molecule has 78 valence electrons. The number of hydrogen-bond acceptors (Lipinski definition) is 3. The van der Waals surface area contributed by atoms with Gasteiger partial charge in [0.2, 0.25) is 0 Å². The zero-order valence-corrected chi connectivity index (χ0v) is 11.1. The van der Waals surface area contributed by atoms with Crippen molar-refractivity contribution in [2.24, 2.45) is 0 Å². The smallest absolute Gasteiger partial charge is 0.341 e. The number of halogens is 2. The van der Waals surface area contributed by atoms with Gasteiger partial charge in [-0.1, -0.05) is 22.9 Å². The molecule has 0 unspecified atom stereocenters. The van der Waals surface area contributed by atoms with Crippen molar-refractivity contribution in [3.8, 4) is 0 Å². The molecule has 0 N–H and O–H groups in total. The molecule has 0 bridgehead atoms. The van der Waals surface area contributed by atoms with E-state index in [0.29, 0.717) is 21.3 Å². The average molecular weight is 326 g/mol. The first-order chi connectivity index (χ1) is 6.65. The molecule has 0 fully saturated rings. The van der Waals surface area contributed by atoms with Crippen molar-refractivity contribution in [2.45, 2.75) is 18.7 Å². The van der Waals surface area contributed by atoms with Crippen LogP contribution in [0.25, 0.3) is 0 Å². The molecule has 1 aromatic heterocycles. The van der Waals surface area contributed by atoms with Gasteiger partial charge >= 0.3 is 5.97 Å². The highest BCUT2D eigenvalue weighted by Gasteiger charge is 2.23. The Kier molecular flexibility index (Phi) is 4.19. The molecule has 1 heterocycles. The van der Waals surface area contributed by atoms with Gasteiger partial charge in [-0.25, -0.2) is 4.79 Å². The first-order valence-electron chi connectivity index (χ1n) is 4.10. The van der Waals surface area contributed by atoms with Crippen molar-refractivity contribution in [1.82, 2.24) is 0 Å². The molecule has 1 aromatic rings. The molecule has 0 saturated heterocycles. The molecule has 5 heteroatoms. The summed E-state index contributed by atoms with van der Waals surface area (Å²) < 4.78 is 10.7. The lowest BCUT2D eigenvalue weighted by Gasteiger charge is -1.99. The fourth-order valence-corrected chi connectivity index (χ4v) is 2.31. The summed E-state index contributed by atoms with van der Waals surface area (Å²) in [5.74, 6) is 0.242. The number of hydrogen-bond donors (Lipinski definition) is 0. The first kappa shape index (κ1) is 11.8. The maximum absolute atomic E-state index is 11.5. The molecule has 14 heavy (non-hydrogen) atoms. The summed E-state index contributed by atoms with van der Waals surface area (Å²) in [6.07, 6.45) is 0.724. The lowest BCUT2D eigenvalue weighted by Crippen LogP contribution is -2.05. The van der Waals surface area contributed by atoms with E-state index in [0.717, 1.165) is 12.0 Å². The number of ether oxygens (including phenoxy) is 1. The van der Waals surface area contributed by atoms with Crippen LogP contribution in [0.15, 0.2) is 9.09 Å². The first-order valence-corrected chi connectivity index (χ1v) is 6.01. The van der Waals surface area contributed by atoms with E-state index in [1.165, 1.54) is 7.11 Å². The Balaban J connectivity index is 3.27. The summed E-state index contributed by atoms with van der Waals surface area (Å²) in [7, 11) is 1.36. The third kappa shape index (κ3) is 2.03. The minimum atomic E-state index is -0.356. The molecule has 0 aliphatic rings. The van der Waals surface area contributed by atoms with Crippen molar-refractivity contribution in [3.63, 3.8) is 0 Å². The Morgan fingerprint density at radius 2 is 2.21 bits per heavy atom. The minimum absolute atomic E-state index is 0.356. The summed E-state index contributed by atoms with van der Waals surface area (Å²) in [4.78, 5) is 11.5.